The van der Waals surface area contributed by atoms with Crippen LogP contribution in [0, 0.1) is 12.8 Å². The van der Waals surface area contributed by atoms with Gasteiger partial charge in [0.05, 0.1) is 10.8 Å². The predicted molar refractivity (Wildman–Crippen MR) is 98.9 cm³/mol. The lowest BCUT2D eigenvalue weighted by molar-refractivity contribution is -0.151. The highest BCUT2D eigenvalue weighted by Crippen LogP contribution is 2.25. The molecule has 0 aromatic heterocycles. The van der Waals surface area contributed by atoms with Gasteiger partial charge >= 0.3 is 5.97 Å². The van der Waals surface area contributed by atoms with Crippen LogP contribution in [0.2, 0.25) is 0 Å². The van der Waals surface area contributed by atoms with Crippen LogP contribution in [0.1, 0.15) is 24.0 Å². The summed E-state index contributed by atoms with van der Waals surface area (Å²) >= 11 is 0. The van der Waals surface area contributed by atoms with E-state index in [2.05, 4.69) is 0 Å². The highest BCUT2D eigenvalue weighted by Gasteiger charge is 2.32. The van der Waals surface area contributed by atoms with Gasteiger partial charge in [-0.05, 0) is 43.0 Å². The van der Waals surface area contributed by atoms with Gasteiger partial charge in [0.2, 0.25) is 10.0 Å². The summed E-state index contributed by atoms with van der Waals surface area (Å²) in [6, 6.07) is 16.2. The average molecular weight is 373 g/mol. The van der Waals surface area contributed by atoms with Gasteiger partial charge in [0.25, 0.3) is 0 Å². The summed E-state index contributed by atoms with van der Waals surface area (Å²) in [5, 5.41) is 0. The van der Waals surface area contributed by atoms with Crippen LogP contribution in [0.4, 0.5) is 0 Å². The summed E-state index contributed by atoms with van der Waals surface area (Å²) in [4.78, 5) is 12.6. The van der Waals surface area contributed by atoms with Crippen molar-refractivity contribution in [2.75, 3.05) is 13.1 Å². The zero-order valence-corrected chi connectivity index (χ0v) is 15.6. The highest BCUT2D eigenvalue weighted by molar-refractivity contribution is 7.89. The molecule has 0 bridgehead atoms. The van der Waals surface area contributed by atoms with Crippen molar-refractivity contribution >= 4 is 16.0 Å². The van der Waals surface area contributed by atoms with Gasteiger partial charge in [-0.1, -0.05) is 42.5 Å². The molecule has 0 unspecified atom stereocenters. The van der Waals surface area contributed by atoms with E-state index in [1.54, 1.807) is 30.3 Å². The zero-order chi connectivity index (χ0) is 18.6. The van der Waals surface area contributed by atoms with E-state index in [1.165, 1.54) is 4.31 Å². The summed E-state index contributed by atoms with van der Waals surface area (Å²) < 4.78 is 32.1. The molecule has 0 amide bonds. The first-order chi connectivity index (χ1) is 12.5. The van der Waals surface area contributed by atoms with Crippen molar-refractivity contribution < 1.29 is 17.9 Å². The normalized spacial score (nSPS) is 16.3. The Morgan fingerprint density at radius 2 is 1.65 bits per heavy atom. The first-order valence-corrected chi connectivity index (χ1v) is 10.2. The molecule has 1 aliphatic heterocycles. The van der Waals surface area contributed by atoms with Gasteiger partial charge in [0.15, 0.2) is 0 Å². The number of carbonyl (C=O) groups excluding carboxylic acids is 1. The molecule has 1 aliphatic rings. The molecule has 2 aromatic rings. The van der Waals surface area contributed by atoms with E-state index in [9.17, 15) is 13.2 Å². The van der Waals surface area contributed by atoms with Gasteiger partial charge in [-0.15, -0.1) is 0 Å². The van der Waals surface area contributed by atoms with Crippen molar-refractivity contribution in [3.8, 4) is 0 Å². The second-order valence-corrected chi connectivity index (χ2v) is 8.46. The van der Waals surface area contributed by atoms with E-state index in [1.807, 2.05) is 31.2 Å². The van der Waals surface area contributed by atoms with Crippen molar-refractivity contribution in [3.05, 3.63) is 65.7 Å². The van der Waals surface area contributed by atoms with Gasteiger partial charge in [0, 0.05) is 13.1 Å². The molecular weight excluding hydrogens is 350 g/mol. The molecule has 0 radical (unpaired) electrons. The Hall–Kier alpha value is -2.18. The summed E-state index contributed by atoms with van der Waals surface area (Å²) in [5.74, 6) is -0.494. The molecule has 0 spiro atoms. The smallest absolute Gasteiger partial charge is 0.309 e. The van der Waals surface area contributed by atoms with Crippen LogP contribution in [0.15, 0.2) is 59.5 Å². The van der Waals surface area contributed by atoms with Crippen LogP contribution in [0.5, 0.6) is 0 Å². The Bertz CT molecular complexity index is 856. The topological polar surface area (TPSA) is 63.7 Å². The first kappa shape index (κ1) is 18.6. The fourth-order valence-electron chi connectivity index (χ4n) is 3.11. The molecule has 0 aliphatic carbocycles. The van der Waals surface area contributed by atoms with Crippen LogP contribution >= 0.6 is 0 Å². The minimum absolute atomic E-state index is 0.245. The molecule has 6 heteroatoms. The Morgan fingerprint density at radius 3 is 2.31 bits per heavy atom. The Kier molecular flexibility index (Phi) is 5.74. The summed E-state index contributed by atoms with van der Waals surface area (Å²) in [6.45, 7) is 2.91. The minimum atomic E-state index is -3.49. The summed E-state index contributed by atoms with van der Waals surface area (Å²) in [7, 11) is -3.49. The molecule has 0 atom stereocenters. The van der Waals surface area contributed by atoms with Gasteiger partial charge < -0.3 is 4.74 Å². The number of piperidine rings is 1. The van der Waals surface area contributed by atoms with Gasteiger partial charge in [-0.3, -0.25) is 4.79 Å². The maximum atomic E-state index is 12.6. The van der Waals surface area contributed by atoms with Crippen molar-refractivity contribution in [1.82, 2.24) is 4.31 Å². The number of benzene rings is 2. The zero-order valence-electron chi connectivity index (χ0n) is 14.8. The fraction of sp³-hybridized carbons (Fsp3) is 0.350. The molecule has 138 valence electrons. The third-order valence-electron chi connectivity index (χ3n) is 4.80. The van der Waals surface area contributed by atoms with E-state index in [0.717, 1.165) is 11.1 Å². The lowest BCUT2D eigenvalue weighted by Gasteiger charge is -2.30. The Morgan fingerprint density at radius 1 is 1.04 bits per heavy atom. The lowest BCUT2D eigenvalue weighted by Crippen LogP contribution is -2.40. The number of sulfonamides is 1. The Labute approximate surface area is 154 Å². The molecule has 0 N–H and O–H groups in total. The number of carbonyl (C=O) groups is 1. The average Bonchev–Trinajstić information content (AvgIpc) is 2.68. The van der Waals surface area contributed by atoms with Crippen molar-refractivity contribution in [2.24, 2.45) is 5.92 Å². The SMILES string of the molecule is Cc1ccccc1COC(=O)C1CCN(S(=O)(=O)c2ccccc2)CC1. The third kappa shape index (κ3) is 4.14. The number of hydrogen-bond donors (Lipinski definition) is 0. The quantitative estimate of drug-likeness (QED) is 0.756. The Balaban J connectivity index is 1.55. The molecule has 3 rings (SSSR count). The molecule has 26 heavy (non-hydrogen) atoms. The van der Waals surface area contributed by atoms with Crippen LogP contribution in [-0.4, -0.2) is 31.8 Å². The molecule has 1 saturated heterocycles. The van der Waals surface area contributed by atoms with Crippen LogP contribution < -0.4 is 0 Å². The molecule has 5 nitrogen and oxygen atoms in total. The summed E-state index contributed by atoms with van der Waals surface area (Å²) in [5.41, 5.74) is 2.08. The van der Waals surface area contributed by atoms with E-state index in [0.29, 0.717) is 30.8 Å². The molecule has 0 saturated carbocycles. The van der Waals surface area contributed by atoms with E-state index in [-0.39, 0.29) is 18.5 Å². The van der Waals surface area contributed by atoms with E-state index >= 15 is 0 Å². The summed E-state index contributed by atoms with van der Waals surface area (Å²) in [6.07, 6.45) is 0.970. The van der Waals surface area contributed by atoms with Crippen molar-refractivity contribution in [1.29, 1.82) is 0 Å². The van der Waals surface area contributed by atoms with E-state index in [4.69, 9.17) is 4.74 Å². The van der Waals surface area contributed by atoms with Crippen LogP contribution in [0.25, 0.3) is 0 Å². The number of rotatable bonds is 5. The molecular formula is C20H23NO4S. The highest BCUT2D eigenvalue weighted by atomic mass is 32.2. The van der Waals surface area contributed by atoms with Gasteiger partial charge in [-0.2, -0.15) is 4.31 Å². The maximum Gasteiger partial charge on any atom is 0.309 e. The van der Waals surface area contributed by atoms with Crippen molar-refractivity contribution in [3.63, 3.8) is 0 Å². The number of esters is 1. The van der Waals surface area contributed by atoms with Crippen LogP contribution in [-0.2, 0) is 26.2 Å². The predicted octanol–water partition coefficient (Wildman–Crippen LogP) is 3.14. The first-order valence-electron chi connectivity index (χ1n) is 8.75. The van der Waals surface area contributed by atoms with Crippen molar-refractivity contribution in [2.45, 2.75) is 31.3 Å². The van der Waals surface area contributed by atoms with Gasteiger partial charge in [-0.25, -0.2) is 8.42 Å². The second kappa shape index (κ2) is 8.01. The molecule has 1 fully saturated rings. The number of nitrogens with zero attached hydrogens (tertiary/aromatic N) is 1. The maximum absolute atomic E-state index is 12.6. The van der Waals surface area contributed by atoms with Gasteiger partial charge in [0.1, 0.15) is 6.61 Å². The second-order valence-electron chi connectivity index (χ2n) is 6.53. The molecule has 2 aromatic carbocycles. The number of aryl methyl sites for hydroxylation is 1. The fourth-order valence-corrected chi connectivity index (χ4v) is 4.60. The monoisotopic (exact) mass is 373 g/mol. The minimum Gasteiger partial charge on any atom is -0.461 e. The molecule has 1 heterocycles. The number of hydrogen-bond acceptors (Lipinski definition) is 4. The largest absolute Gasteiger partial charge is 0.461 e. The van der Waals surface area contributed by atoms with Crippen LogP contribution in [0.3, 0.4) is 0 Å². The third-order valence-corrected chi connectivity index (χ3v) is 6.71. The van der Waals surface area contributed by atoms with E-state index < -0.39 is 10.0 Å². The lowest BCUT2D eigenvalue weighted by atomic mass is 9.98. The standard InChI is InChI=1S/C20H23NO4S/c1-16-7-5-6-8-18(16)15-25-20(22)17-11-13-21(14-12-17)26(23,24)19-9-3-2-4-10-19/h2-10,17H,11-15H2,1H3. The number of ether oxygens (including phenoxy) is 1.